The van der Waals surface area contributed by atoms with Gasteiger partial charge < -0.3 is 9.64 Å². The summed E-state index contributed by atoms with van der Waals surface area (Å²) in [6.07, 6.45) is 8.80. The summed E-state index contributed by atoms with van der Waals surface area (Å²) in [5.41, 5.74) is 1.53. The predicted octanol–water partition coefficient (Wildman–Crippen LogP) is 3.83. The molecule has 1 saturated heterocycles. The Morgan fingerprint density at radius 3 is 2.82 bits per heavy atom. The Bertz CT molecular complexity index is 237. The molecule has 0 saturated carbocycles. The summed E-state index contributed by atoms with van der Waals surface area (Å²) in [5, 5.41) is 0. The molecule has 1 heterocycles. The second-order valence-electron chi connectivity index (χ2n) is 5.22. The fourth-order valence-corrected chi connectivity index (χ4v) is 2.86. The van der Waals surface area contributed by atoms with Crippen molar-refractivity contribution in [3.8, 4) is 0 Å². The van der Waals surface area contributed by atoms with E-state index in [4.69, 9.17) is 4.74 Å². The van der Waals surface area contributed by atoms with Crippen molar-refractivity contribution in [2.75, 3.05) is 20.3 Å². The van der Waals surface area contributed by atoms with Crippen LogP contribution in [0.25, 0.3) is 0 Å². The van der Waals surface area contributed by atoms with Crippen LogP contribution in [0.3, 0.4) is 0 Å². The molecule has 1 rings (SSSR count). The molecule has 17 heavy (non-hydrogen) atoms. The summed E-state index contributed by atoms with van der Waals surface area (Å²) in [4.78, 5) is 2.58. The average Bonchev–Trinajstić information content (AvgIpc) is 2.75. The number of hydrogen-bond donors (Lipinski definition) is 0. The van der Waals surface area contributed by atoms with Gasteiger partial charge in [-0.05, 0) is 31.6 Å². The summed E-state index contributed by atoms with van der Waals surface area (Å²) in [7, 11) is 1.81. The van der Waals surface area contributed by atoms with Crippen molar-refractivity contribution in [2.24, 2.45) is 5.92 Å². The van der Waals surface area contributed by atoms with E-state index in [1.54, 1.807) is 0 Å². The van der Waals surface area contributed by atoms with Gasteiger partial charge in [0, 0.05) is 19.4 Å². The first-order chi connectivity index (χ1) is 8.22. The molecule has 0 aliphatic carbocycles. The second-order valence-corrected chi connectivity index (χ2v) is 5.22. The van der Waals surface area contributed by atoms with Crippen LogP contribution < -0.4 is 0 Å². The average molecular weight is 239 g/mol. The normalized spacial score (nSPS) is 23.2. The Labute approximate surface area is 107 Å². The van der Waals surface area contributed by atoms with Crippen LogP contribution >= 0.6 is 0 Å². The number of methoxy groups -OCH3 is 1. The zero-order valence-electron chi connectivity index (χ0n) is 12.0. The number of rotatable bonds is 7. The maximum absolute atomic E-state index is 5.33. The SMILES string of the molecule is CCC[C@@H](C)/C=C(/CC)N1CCC[C@H]1COC. The van der Waals surface area contributed by atoms with Crippen molar-refractivity contribution >= 4 is 0 Å². The minimum Gasteiger partial charge on any atom is -0.383 e. The summed E-state index contributed by atoms with van der Waals surface area (Å²) >= 11 is 0. The highest BCUT2D eigenvalue weighted by Crippen LogP contribution is 2.25. The van der Waals surface area contributed by atoms with Gasteiger partial charge in [0.15, 0.2) is 0 Å². The predicted molar refractivity (Wildman–Crippen MR) is 74.1 cm³/mol. The molecule has 0 aromatic carbocycles. The third-order valence-corrected chi connectivity index (χ3v) is 3.69. The third kappa shape index (κ3) is 4.34. The Balaban J connectivity index is 2.65. The summed E-state index contributed by atoms with van der Waals surface area (Å²) in [6.45, 7) is 8.96. The van der Waals surface area contributed by atoms with Crippen molar-refractivity contribution in [1.82, 2.24) is 4.90 Å². The Kier molecular flexibility index (Phi) is 6.64. The molecule has 1 aliphatic rings. The number of nitrogens with zero attached hydrogens (tertiary/aromatic N) is 1. The van der Waals surface area contributed by atoms with E-state index >= 15 is 0 Å². The molecule has 2 nitrogen and oxygen atoms in total. The van der Waals surface area contributed by atoms with Crippen molar-refractivity contribution < 1.29 is 4.74 Å². The number of allylic oxidation sites excluding steroid dienone is 2. The highest BCUT2D eigenvalue weighted by molar-refractivity contribution is 5.06. The van der Waals surface area contributed by atoms with Gasteiger partial charge >= 0.3 is 0 Å². The molecule has 1 aliphatic heterocycles. The van der Waals surface area contributed by atoms with E-state index < -0.39 is 0 Å². The highest BCUT2D eigenvalue weighted by atomic mass is 16.5. The van der Waals surface area contributed by atoms with Crippen LogP contribution in [-0.4, -0.2) is 31.2 Å². The maximum atomic E-state index is 5.33. The van der Waals surface area contributed by atoms with E-state index in [9.17, 15) is 0 Å². The summed E-state index contributed by atoms with van der Waals surface area (Å²) in [5.74, 6) is 0.707. The first-order valence-electron chi connectivity index (χ1n) is 7.19. The van der Waals surface area contributed by atoms with Crippen LogP contribution in [0.5, 0.6) is 0 Å². The lowest BCUT2D eigenvalue weighted by molar-refractivity contribution is 0.130. The molecule has 0 amide bonds. The first kappa shape index (κ1) is 14.6. The van der Waals surface area contributed by atoms with Crippen molar-refractivity contribution in [1.29, 1.82) is 0 Å². The number of hydrogen-bond acceptors (Lipinski definition) is 2. The molecule has 2 atom stereocenters. The minimum absolute atomic E-state index is 0.611. The summed E-state index contributed by atoms with van der Waals surface area (Å²) in [6, 6.07) is 0.611. The molecular formula is C15H29NO. The van der Waals surface area contributed by atoms with Gasteiger partial charge in [-0.1, -0.05) is 33.3 Å². The van der Waals surface area contributed by atoms with Gasteiger partial charge in [-0.3, -0.25) is 0 Å². The minimum atomic E-state index is 0.611. The van der Waals surface area contributed by atoms with E-state index in [0.717, 1.165) is 13.0 Å². The molecule has 0 aromatic rings. The van der Waals surface area contributed by atoms with Gasteiger partial charge in [0.25, 0.3) is 0 Å². The monoisotopic (exact) mass is 239 g/mol. The van der Waals surface area contributed by atoms with Crippen LogP contribution in [0.2, 0.25) is 0 Å². The van der Waals surface area contributed by atoms with Crippen molar-refractivity contribution in [3.63, 3.8) is 0 Å². The molecule has 100 valence electrons. The molecule has 0 radical (unpaired) electrons. The van der Waals surface area contributed by atoms with Crippen molar-refractivity contribution in [3.05, 3.63) is 11.8 Å². The Morgan fingerprint density at radius 2 is 2.24 bits per heavy atom. The lowest BCUT2D eigenvalue weighted by Crippen LogP contribution is -2.32. The highest BCUT2D eigenvalue weighted by Gasteiger charge is 2.25. The van der Waals surface area contributed by atoms with Gasteiger partial charge in [-0.15, -0.1) is 0 Å². The number of ether oxygens (including phenoxy) is 1. The molecule has 0 aromatic heterocycles. The molecular weight excluding hydrogens is 210 g/mol. The Hall–Kier alpha value is -0.500. The van der Waals surface area contributed by atoms with Gasteiger partial charge in [0.1, 0.15) is 0 Å². The van der Waals surface area contributed by atoms with E-state index in [2.05, 4.69) is 31.7 Å². The van der Waals surface area contributed by atoms with E-state index in [-0.39, 0.29) is 0 Å². The lowest BCUT2D eigenvalue weighted by Gasteiger charge is -2.29. The number of likely N-dealkylation sites (tertiary alicyclic amines) is 1. The molecule has 0 bridgehead atoms. The smallest absolute Gasteiger partial charge is 0.0666 e. The second kappa shape index (κ2) is 7.75. The third-order valence-electron chi connectivity index (χ3n) is 3.69. The van der Waals surface area contributed by atoms with E-state index in [1.165, 1.54) is 37.9 Å². The summed E-state index contributed by atoms with van der Waals surface area (Å²) < 4.78 is 5.33. The van der Waals surface area contributed by atoms with Gasteiger partial charge in [0.2, 0.25) is 0 Å². The van der Waals surface area contributed by atoms with E-state index in [1.807, 2.05) is 7.11 Å². The fourth-order valence-electron chi connectivity index (χ4n) is 2.86. The van der Waals surface area contributed by atoms with Gasteiger partial charge in [-0.25, -0.2) is 0 Å². The maximum Gasteiger partial charge on any atom is 0.0666 e. The molecule has 1 fully saturated rings. The van der Waals surface area contributed by atoms with Gasteiger partial charge in [-0.2, -0.15) is 0 Å². The lowest BCUT2D eigenvalue weighted by atomic mass is 10.0. The molecule has 0 spiro atoms. The quantitative estimate of drug-likeness (QED) is 0.669. The Morgan fingerprint density at radius 1 is 1.47 bits per heavy atom. The van der Waals surface area contributed by atoms with Crippen molar-refractivity contribution in [2.45, 2.75) is 58.9 Å². The van der Waals surface area contributed by atoms with Crippen LogP contribution in [0.4, 0.5) is 0 Å². The zero-order chi connectivity index (χ0) is 12.7. The molecule has 2 heteroatoms. The molecule has 0 unspecified atom stereocenters. The fraction of sp³-hybridized carbons (Fsp3) is 0.867. The van der Waals surface area contributed by atoms with Crippen LogP contribution in [0.15, 0.2) is 11.8 Å². The van der Waals surface area contributed by atoms with E-state index in [0.29, 0.717) is 12.0 Å². The molecule has 0 N–H and O–H groups in total. The van der Waals surface area contributed by atoms with Crippen LogP contribution in [0.1, 0.15) is 52.9 Å². The standard InChI is InChI=1S/C15H29NO/c1-5-8-13(3)11-14(6-2)16-10-7-9-15(16)12-17-4/h11,13,15H,5-10,12H2,1-4H3/b14-11-/t13-,15+/m1/s1. The zero-order valence-corrected chi connectivity index (χ0v) is 12.0. The van der Waals surface area contributed by atoms with Crippen LogP contribution in [-0.2, 0) is 4.74 Å². The topological polar surface area (TPSA) is 12.5 Å². The van der Waals surface area contributed by atoms with Gasteiger partial charge in [0.05, 0.1) is 12.6 Å². The largest absolute Gasteiger partial charge is 0.383 e. The van der Waals surface area contributed by atoms with Crippen LogP contribution in [0, 0.1) is 5.92 Å². The first-order valence-corrected chi connectivity index (χ1v) is 7.19.